The Balaban J connectivity index is 1.92. The van der Waals surface area contributed by atoms with Crippen LogP contribution in [-0.2, 0) is 21.7 Å². The Labute approximate surface area is 229 Å². The predicted molar refractivity (Wildman–Crippen MR) is 161 cm³/mol. The van der Waals surface area contributed by atoms with Gasteiger partial charge in [-0.15, -0.1) is 0 Å². The monoisotopic (exact) mass is 502 g/mol. The van der Waals surface area contributed by atoms with Gasteiger partial charge in [0.25, 0.3) is 0 Å². The van der Waals surface area contributed by atoms with Gasteiger partial charge >= 0.3 is 0 Å². The first-order valence-electron chi connectivity index (χ1n) is 13.8. The van der Waals surface area contributed by atoms with Gasteiger partial charge in [0.15, 0.2) is 0 Å². The number of rotatable bonds is 0. The lowest BCUT2D eigenvalue weighted by molar-refractivity contribution is 0.564. The van der Waals surface area contributed by atoms with E-state index < -0.39 is 0 Å². The number of aromatic nitrogens is 2. The summed E-state index contributed by atoms with van der Waals surface area (Å²) in [7, 11) is 0. The number of hydrogen-bond acceptors (Lipinski definition) is 2. The van der Waals surface area contributed by atoms with Crippen molar-refractivity contribution in [3.8, 4) is 22.6 Å². The van der Waals surface area contributed by atoms with Gasteiger partial charge in [-0.25, -0.2) is 4.98 Å². The smallest absolute Gasteiger partial charge is 0.0893 e. The fourth-order valence-corrected chi connectivity index (χ4v) is 5.33. The highest BCUT2D eigenvalue weighted by molar-refractivity contribution is 5.67. The van der Waals surface area contributed by atoms with Crippen molar-refractivity contribution in [2.24, 2.45) is 0 Å². The van der Waals surface area contributed by atoms with Crippen LogP contribution in [0.15, 0.2) is 72.8 Å². The summed E-state index contributed by atoms with van der Waals surface area (Å²) in [4.78, 5) is 10.3. The molecule has 2 aromatic heterocycles. The van der Waals surface area contributed by atoms with Gasteiger partial charge in [-0.2, -0.15) is 0 Å². The summed E-state index contributed by atoms with van der Waals surface area (Å²) in [6.07, 6.45) is 0. The first-order chi connectivity index (χ1) is 17.6. The lowest BCUT2D eigenvalue weighted by Crippen LogP contribution is -2.26. The molecule has 0 spiro atoms. The maximum Gasteiger partial charge on any atom is 0.0893 e. The number of benzene rings is 2. The second kappa shape index (κ2) is 8.63. The van der Waals surface area contributed by atoms with Crippen molar-refractivity contribution in [2.45, 2.75) is 90.9 Å². The van der Waals surface area contributed by atoms with Crippen LogP contribution < -0.4 is 0 Å². The SMILES string of the molecule is CC(C)(C)c1cc2cc(c1)C(C)(C)c1cc(C(C)(C)C)cc(c1)C(C)(C)c1cccc(n1)-c1cccc-2n1. The van der Waals surface area contributed by atoms with E-state index in [1.165, 1.54) is 27.8 Å². The summed E-state index contributed by atoms with van der Waals surface area (Å²) in [6.45, 7) is 23.1. The molecule has 2 nitrogen and oxygen atoms in total. The Kier molecular flexibility index (Phi) is 5.98. The van der Waals surface area contributed by atoms with E-state index in [0.717, 1.165) is 28.3 Å². The molecule has 1 aliphatic heterocycles. The van der Waals surface area contributed by atoms with Crippen LogP contribution in [0.1, 0.15) is 103 Å². The molecule has 38 heavy (non-hydrogen) atoms. The van der Waals surface area contributed by atoms with Crippen LogP contribution in [0.3, 0.4) is 0 Å². The molecule has 1 aliphatic rings. The molecule has 0 N–H and O–H groups in total. The van der Waals surface area contributed by atoms with E-state index in [2.05, 4.69) is 142 Å². The van der Waals surface area contributed by atoms with E-state index in [-0.39, 0.29) is 21.7 Å². The summed E-state index contributed by atoms with van der Waals surface area (Å²) >= 11 is 0. The summed E-state index contributed by atoms with van der Waals surface area (Å²) < 4.78 is 0. The maximum absolute atomic E-state index is 5.19. The third-order valence-electron chi connectivity index (χ3n) is 8.46. The standard InChI is InChI=1S/C36H42N2/c1-33(2,3)24-17-23-18-26(19-24)35(7,8)27-20-25(34(4,5)6)21-28(22-27)36(9,10)32-16-12-15-31(38-32)30-14-11-13-29(23)37-30/h11-22H,1-10H3. The largest absolute Gasteiger partial charge is 0.250 e. The quantitative estimate of drug-likeness (QED) is 0.239. The fraction of sp³-hybridized carbons (Fsp3) is 0.389. The van der Waals surface area contributed by atoms with Gasteiger partial charge < -0.3 is 0 Å². The van der Waals surface area contributed by atoms with Gasteiger partial charge in [0.2, 0.25) is 0 Å². The minimum absolute atomic E-state index is 0.0141. The normalized spacial score (nSPS) is 16.1. The Morgan fingerprint density at radius 1 is 0.500 bits per heavy atom. The zero-order valence-electron chi connectivity index (χ0n) is 24.8. The van der Waals surface area contributed by atoms with Crippen LogP contribution in [0, 0.1) is 0 Å². The Bertz CT molecular complexity index is 1520. The molecule has 0 fully saturated rings. The molecule has 0 atom stereocenters. The molecule has 2 aromatic carbocycles. The first-order valence-corrected chi connectivity index (χ1v) is 13.8. The Hall–Kier alpha value is -3.26. The Morgan fingerprint density at radius 3 is 1.58 bits per heavy atom. The summed E-state index contributed by atoms with van der Waals surface area (Å²) in [5, 5.41) is 0. The number of fused-ring (bicyclic) bond motifs is 10. The highest BCUT2D eigenvalue weighted by atomic mass is 14.8. The van der Waals surface area contributed by atoms with Crippen LogP contribution >= 0.6 is 0 Å². The highest BCUT2D eigenvalue weighted by Crippen LogP contribution is 2.42. The molecule has 0 unspecified atom stereocenters. The molecule has 0 aliphatic carbocycles. The molecular weight excluding hydrogens is 460 g/mol. The zero-order chi connectivity index (χ0) is 27.7. The van der Waals surface area contributed by atoms with Crippen molar-refractivity contribution in [3.63, 3.8) is 0 Å². The van der Waals surface area contributed by atoms with Gasteiger partial charge in [-0.05, 0) is 75.0 Å². The molecule has 4 aromatic rings. The summed E-state index contributed by atoms with van der Waals surface area (Å²) in [5.74, 6) is 0. The van der Waals surface area contributed by atoms with Crippen LogP contribution in [-0.4, -0.2) is 9.97 Å². The van der Waals surface area contributed by atoms with Gasteiger partial charge in [-0.3, -0.25) is 4.98 Å². The van der Waals surface area contributed by atoms with E-state index in [0.29, 0.717) is 0 Å². The molecule has 0 saturated heterocycles. The first kappa shape index (κ1) is 26.4. The van der Waals surface area contributed by atoms with Crippen molar-refractivity contribution in [2.75, 3.05) is 0 Å². The molecule has 0 amide bonds. The van der Waals surface area contributed by atoms with Gasteiger partial charge in [-0.1, -0.05) is 106 Å². The highest BCUT2D eigenvalue weighted by Gasteiger charge is 2.32. The van der Waals surface area contributed by atoms with Crippen molar-refractivity contribution in [1.82, 2.24) is 9.97 Å². The second-order valence-corrected chi connectivity index (χ2v) is 14.2. The van der Waals surface area contributed by atoms with Gasteiger partial charge in [0.1, 0.15) is 0 Å². The van der Waals surface area contributed by atoms with E-state index >= 15 is 0 Å². The molecule has 0 radical (unpaired) electrons. The maximum atomic E-state index is 5.19. The lowest BCUT2D eigenvalue weighted by atomic mass is 9.70. The Morgan fingerprint density at radius 2 is 0.974 bits per heavy atom. The average molecular weight is 503 g/mol. The molecule has 3 heterocycles. The number of hydrogen-bond donors (Lipinski definition) is 0. The van der Waals surface area contributed by atoms with Crippen molar-refractivity contribution >= 4 is 0 Å². The molecule has 2 heteroatoms. The average Bonchev–Trinajstić information content (AvgIpc) is 2.87. The third-order valence-corrected chi connectivity index (χ3v) is 8.46. The van der Waals surface area contributed by atoms with Gasteiger partial charge in [0.05, 0.1) is 22.8 Å². The molecule has 0 saturated carbocycles. The van der Waals surface area contributed by atoms with Crippen molar-refractivity contribution in [3.05, 3.63) is 106 Å². The van der Waals surface area contributed by atoms with E-state index in [9.17, 15) is 0 Å². The number of nitrogens with zero attached hydrogens (tertiary/aromatic N) is 2. The molecule has 8 bridgehead atoms. The third kappa shape index (κ3) is 4.59. The van der Waals surface area contributed by atoms with Crippen LogP contribution in [0.25, 0.3) is 22.6 Å². The summed E-state index contributed by atoms with van der Waals surface area (Å²) in [6, 6.07) is 27.0. The fourth-order valence-electron chi connectivity index (χ4n) is 5.33. The second-order valence-electron chi connectivity index (χ2n) is 14.2. The summed E-state index contributed by atoms with van der Waals surface area (Å²) in [5.41, 5.74) is 11.2. The van der Waals surface area contributed by atoms with E-state index in [1.54, 1.807) is 0 Å². The molecule has 196 valence electrons. The van der Waals surface area contributed by atoms with Crippen LogP contribution in [0.4, 0.5) is 0 Å². The topological polar surface area (TPSA) is 25.8 Å². The van der Waals surface area contributed by atoms with Crippen molar-refractivity contribution in [1.29, 1.82) is 0 Å². The zero-order valence-corrected chi connectivity index (χ0v) is 24.8. The van der Waals surface area contributed by atoms with Gasteiger partial charge in [0, 0.05) is 16.4 Å². The molecular formula is C36H42N2. The lowest BCUT2D eigenvalue weighted by Gasteiger charge is -2.34. The van der Waals surface area contributed by atoms with Crippen LogP contribution in [0.2, 0.25) is 0 Å². The van der Waals surface area contributed by atoms with E-state index in [4.69, 9.17) is 9.97 Å². The predicted octanol–water partition coefficient (Wildman–Crippen LogP) is 9.37. The van der Waals surface area contributed by atoms with Crippen molar-refractivity contribution < 1.29 is 0 Å². The minimum atomic E-state index is -0.276. The minimum Gasteiger partial charge on any atom is -0.250 e. The van der Waals surface area contributed by atoms with Crippen LogP contribution in [0.5, 0.6) is 0 Å². The van der Waals surface area contributed by atoms with E-state index in [1.807, 2.05) is 0 Å². The number of pyridine rings is 2. The molecule has 5 rings (SSSR count).